The second kappa shape index (κ2) is 13.6. The number of nitrogens with zero attached hydrogens (tertiary/aromatic N) is 4. The Labute approximate surface area is 222 Å². The van der Waals surface area contributed by atoms with Gasteiger partial charge in [-0.2, -0.15) is 0 Å². The molecule has 2 aromatic carbocycles. The molecule has 1 aromatic heterocycles. The van der Waals surface area contributed by atoms with Crippen LogP contribution in [0.3, 0.4) is 0 Å². The monoisotopic (exact) mass is 538 g/mol. The van der Waals surface area contributed by atoms with Crippen LogP contribution in [0, 0.1) is 10.1 Å². The van der Waals surface area contributed by atoms with Crippen molar-refractivity contribution in [3.63, 3.8) is 0 Å². The summed E-state index contributed by atoms with van der Waals surface area (Å²) in [5.41, 5.74) is 1.14. The number of ether oxygens (including phenoxy) is 2. The Balaban J connectivity index is 1.56. The minimum Gasteiger partial charge on any atom is -0.493 e. The van der Waals surface area contributed by atoms with Gasteiger partial charge in [0, 0.05) is 30.4 Å². The summed E-state index contributed by atoms with van der Waals surface area (Å²) in [7, 11) is 3.09. The van der Waals surface area contributed by atoms with Gasteiger partial charge in [-0.05, 0) is 35.9 Å². The summed E-state index contributed by atoms with van der Waals surface area (Å²) >= 11 is 1.16. The second-order valence-electron chi connectivity index (χ2n) is 7.60. The van der Waals surface area contributed by atoms with Crippen molar-refractivity contribution in [2.45, 2.75) is 18.2 Å². The standard InChI is InChI=1S/C25H26N6O6S/c1-4-13-30-22(15-26-23(32)12-6-17-5-11-20(36-2)21(14-17)37-3)28-29-25(30)38-16-24(33)27-18-7-9-19(10-8-18)31(34)35/h4-12,14H,1,13,15-16H2,2-3H3,(H,26,32)(H,27,33). The van der Waals surface area contributed by atoms with Crippen molar-refractivity contribution >= 4 is 41.0 Å². The Bertz CT molecular complexity index is 1340. The van der Waals surface area contributed by atoms with Gasteiger partial charge in [0.15, 0.2) is 22.5 Å². The van der Waals surface area contributed by atoms with Crippen LogP contribution in [-0.4, -0.2) is 51.5 Å². The zero-order chi connectivity index (χ0) is 27.5. The zero-order valence-corrected chi connectivity index (χ0v) is 21.6. The maximum absolute atomic E-state index is 12.4. The van der Waals surface area contributed by atoms with Gasteiger partial charge >= 0.3 is 0 Å². The van der Waals surface area contributed by atoms with Gasteiger partial charge in [-0.3, -0.25) is 19.7 Å². The molecule has 0 atom stereocenters. The highest BCUT2D eigenvalue weighted by Gasteiger charge is 2.14. The molecular weight excluding hydrogens is 512 g/mol. The molecule has 0 radical (unpaired) electrons. The molecule has 2 amide bonds. The van der Waals surface area contributed by atoms with Crippen LogP contribution in [0.1, 0.15) is 11.4 Å². The first kappa shape index (κ1) is 27.9. The van der Waals surface area contributed by atoms with Crippen molar-refractivity contribution in [2.24, 2.45) is 0 Å². The third-order valence-electron chi connectivity index (χ3n) is 5.05. The molecule has 3 rings (SSSR count). The van der Waals surface area contributed by atoms with Crippen LogP contribution < -0.4 is 20.1 Å². The number of carbonyl (C=O) groups is 2. The number of rotatable bonds is 13. The highest BCUT2D eigenvalue weighted by Crippen LogP contribution is 2.28. The van der Waals surface area contributed by atoms with Crippen LogP contribution in [0.25, 0.3) is 6.08 Å². The van der Waals surface area contributed by atoms with Gasteiger partial charge in [0.1, 0.15) is 0 Å². The van der Waals surface area contributed by atoms with E-state index in [0.717, 1.165) is 17.3 Å². The number of non-ortho nitro benzene ring substituents is 1. The van der Waals surface area contributed by atoms with Gasteiger partial charge < -0.3 is 24.7 Å². The minimum absolute atomic E-state index is 0.0344. The van der Waals surface area contributed by atoms with Crippen molar-refractivity contribution in [1.29, 1.82) is 0 Å². The average Bonchev–Trinajstić information content (AvgIpc) is 3.31. The molecule has 0 aliphatic heterocycles. The van der Waals surface area contributed by atoms with E-state index in [0.29, 0.717) is 34.7 Å². The number of anilines is 1. The highest BCUT2D eigenvalue weighted by atomic mass is 32.2. The number of benzene rings is 2. The normalized spacial score (nSPS) is 10.7. The van der Waals surface area contributed by atoms with E-state index in [4.69, 9.17) is 9.47 Å². The van der Waals surface area contributed by atoms with E-state index in [2.05, 4.69) is 27.4 Å². The molecule has 0 saturated heterocycles. The lowest BCUT2D eigenvalue weighted by Crippen LogP contribution is -2.23. The number of nitro benzene ring substituents is 1. The number of hydrogen-bond donors (Lipinski definition) is 2. The van der Waals surface area contributed by atoms with Gasteiger partial charge in [-0.1, -0.05) is 23.9 Å². The van der Waals surface area contributed by atoms with Crippen molar-refractivity contribution in [2.75, 3.05) is 25.3 Å². The molecule has 13 heteroatoms. The second-order valence-corrected chi connectivity index (χ2v) is 8.55. The third kappa shape index (κ3) is 7.67. The van der Waals surface area contributed by atoms with Gasteiger partial charge in [0.05, 0.1) is 31.4 Å². The number of hydrogen-bond acceptors (Lipinski definition) is 9. The van der Waals surface area contributed by atoms with Crippen LogP contribution in [0.5, 0.6) is 11.5 Å². The number of thioether (sulfide) groups is 1. The average molecular weight is 539 g/mol. The fraction of sp³-hybridized carbons (Fsp3) is 0.200. The topological polar surface area (TPSA) is 151 Å². The molecule has 1 heterocycles. The lowest BCUT2D eigenvalue weighted by atomic mass is 10.2. The predicted octanol–water partition coefficient (Wildman–Crippen LogP) is 3.45. The third-order valence-corrected chi connectivity index (χ3v) is 6.02. The number of amides is 2. The minimum atomic E-state index is -0.511. The quantitative estimate of drug-likeness (QED) is 0.110. The van der Waals surface area contributed by atoms with Crippen molar-refractivity contribution in [1.82, 2.24) is 20.1 Å². The van der Waals surface area contributed by atoms with Crippen LogP contribution >= 0.6 is 11.8 Å². The Morgan fingerprint density at radius 3 is 2.53 bits per heavy atom. The molecule has 0 bridgehead atoms. The summed E-state index contributed by atoms with van der Waals surface area (Å²) in [5.74, 6) is 1.03. The first-order chi connectivity index (χ1) is 18.3. The molecule has 38 heavy (non-hydrogen) atoms. The molecule has 0 saturated carbocycles. The Kier molecular flexibility index (Phi) is 10.00. The molecule has 12 nitrogen and oxygen atoms in total. The zero-order valence-electron chi connectivity index (χ0n) is 20.7. The lowest BCUT2D eigenvalue weighted by molar-refractivity contribution is -0.384. The molecule has 3 aromatic rings. The Hall–Kier alpha value is -4.65. The highest BCUT2D eigenvalue weighted by molar-refractivity contribution is 7.99. The summed E-state index contributed by atoms with van der Waals surface area (Å²) in [6.07, 6.45) is 4.71. The van der Waals surface area contributed by atoms with Crippen LogP contribution in [-0.2, 0) is 22.7 Å². The largest absolute Gasteiger partial charge is 0.493 e. The molecule has 198 valence electrons. The van der Waals surface area contributed by atoms with E-state index in [-0.39, 0.29) is 29.8 Å². The molecule has 2 N–H and O–H groups in total. The molecular formula is C25H26N6O6S. The molecule has 0 aliphatic rings. The lowest BCUT2D eigenvalue weighted by Gasteiger charge is -2.09. The maximum atomic E-state index is 12.4. The molecule has 0 unspecified atom stereocenters. The summed E-state index contributed by atoms with van der Waals surface area (Å²) < 4.78 is 12.2. The summed E-state index contributed by atoms with van der Waals surface area (Å²) in [6.45, 7) is 4.24. The Morgan fingerprint density at radius 1 is 1.13 bits per heavy atom. The van der Waals surface area contributed by atoms with Crippen molar-refractivity contribution < 1.29 is 24.0 Å². The van der Waals surface area contributed by atoms with Gasteiger partial charge in [0.2, 0.25) is 11.8 Å². The van der Waals surface area contributed by atoms with Crippen LogP contribution in [0.2, 0.25) is 0 Å². The SMILES string of the molecule is C=CCn1c(CNC(=O)C=Cc2ccc(OC)c(OC)c2)nnc1SCC(=O)Nc1ccc([N+](=O)[O-])cc1. The van der Waals surface area contributed by atoms with E-state index in [1.165, 1.54) is 37.5 Å². The van der Waals surface area contributed by atoms with Gasteiger partial charge in [0.25, 0.3) is 5.69 Å². The van der Waals surface area contributed by atoms with Crippen LogP contribution in [0.15, 0.2) is 66.4 Å². The number of allylic oxidation sites excluding steroid dienone is 1. The first-order valence-corrected chi connectivity index (χ1v) is 12.2. The summed E-state index contributed by atoms with van der Waals surface area (Å²) in [6, 6.07) is 10.8. The Morgan fingerprint density at radius 2 is 1.87 bits per heavy atom. The van der Waals surface area contributed by atoms with E-state index in [1.807, 2.05) is 0 Å². The van der Waals surface area contributed by atoms with Crippen LogP contribution in [0.4, 0.5) is 11.4 Å². The number of carbonyl (C=O) groups excluding carboxylic acids is 2. The van der Waals surface area contributed by atoms with Crippen molar-refractivity contribution in [3.8, 4) is 11.5 Å². The fourth-order valence-corrected chi connectivity index (χ4v) is 3.98. The number of aromatic nitrogens is 3. The van der Waals surface area contributed by atoms with Gasteiger partial charge in [-0.15, -0.1) is 16.8 Å². The maximum Gasteiger partial charge on any atom is 0.269 e. The summed E-state index contributed by atoms with van der Waals surface area (Å²) in [4.78, 5) is 34.9. The first-order valence-electron chi connectivity index (χ1n) is 11.2. The summed E-state index contributed by atoms with van der Waals surface area (Å²) in [5, 5.41) is 24.9. The van der Waals surface area contributed by atoms with Gasteiger partial charge in [-0.25, -0.2) is 0 Å². The van der Waals surface area contributed by atoms with Crippen molar-refractivity contribution in [3.05, 3.63) is 82.7 Å². The van der Waals surface area contributed by atoms with E-state index >= 15 is 0 Å². The number of nitrogens with one attached hydrogen (secondary N) is 2. The smallest absolute Gasteiger partial charge is 0.269 e. The van der Waals surface area contributed by atoms with E-state index in [1.54, 1.807) is 42.0 Å². The molecule has 0 fully saturated rings. The number of nitro groups is 1. The van der Waals surface area contributed by atoms with E-state index < -0.39 is 4.92 Å². The fourth-order valence-electron chi connectivity index (χ4n) is 3.22. The predicted molar refractivity (Wildman–Crippen MR) is 143 cm³/mol. The number of methoxy groups -OCH3 is 2. The molecule has 0 aliphatic carbocycles. The molecule has 0 spiro atoms. The van der Waals surface area contributed by atoms with E-state index in [9.17, 15) is 19.7 Å².